The standard InChI is InChI=1S/C10H11ClN4O2S/c1-17-9-7(6-12)8(11)13-10(14-9)15-2-4-18(16)5-3-15/h2-5H2,1H3. The van der Waals surface area contributed by atoms with Crippen molar-refractivity contribution in [1.82, 2.24) is 9.97 Å². The molecule has 0 bridgehead atoms. The lowest BCUT2D eigenvalue weighted by atomic mass is 10.3. The fourth-order valence-corrected chi connectivity index (χ4v) is 2.88. The monoisotopic (exact) mass is 286 g/mol. The van der Waals surface area contributed by atoms with Crippen molar-refractivity contribution < 1.29 is 8.95 Å². The molecule has 1 aliphatic heterocycles. The van der Waals surface area contributed by atoms with E-state index in [9.17, 15) is 4.21 Å². The summed E-state index contributed by atoms with van der Waals surface area (Å²) >= 11 is 5.92. The molecule has 1 aromatic heterocycles. The number of hydrogen-bond donors (Lipinski definition) is 0. The van der Waals surface area contributed by atoms with Gasteiger partial charge in [0.2, 0.25) is 11.8 Å². The zero-order chi connectivity index (χ0) is 13.1. The molecule has 1 saturated heterocycles. The van der Waals surface area contributed by atoms with Crippen molar-refractivity contribution in [3.8, 4) is 11.9 Å². The molecule has 0 radical (unpaired) electrons. The lowest BCUT2D eigenvalue weighted by Gasteiger charge is -2.26. The summed E-state index contributed by atoms with van der Waals surface area (Å²) in [5.74, 6) is 1.75. The Bertz CT molecular complexity index is 521. The first-order valence-electron chi connectivity index (χ1n) is 5.27. The van der Waals surface area contributed by atoms with Crippen LogP contribution in [0.25, 0.3) is 0 Å². The summed E-state index contributed by atoms with van der Waals surface area (Å²) in [5, 5.41) is 8.99. The molecule has 0 amide bonds. The van der Waals surface area contributed by atoms with Crippen LogP contribution in [0.4, 0.5) is 5.95 Å². The van der Waals surface area contributed by atoms with E-state index < -0.39 is 10.8 Å². The highest BCUT2D eigenvalue weighted by Gasteiger charge is 2.21. The summed E-state index contributed by atoms with van der Waals surface area (Å²) in [6.45, 7) is 1.22. The molecule has 0 aromatic carbocycles. The third kappa shape index (κ3) is 2.54. The van der Waals surface area contributed by atoms with Crippen LogP contribution in [0.2, 0.25) is 5.15 Å². The van der Waals surface area contributed by atoms with E-state index in [4.69, 9.17) is 21.6 Å². The van der Waals surface area contributed by atoms with E-state index in [1.54, 1.807) is 0 Å². The largest absolute Gasteiger partial charge is 0.480 e. The molecule has 0 spiro atoms. The molecule has 2 rings (SSSR count). The van der Waals surface area contributed by atoms with E-state index in [-0.39, 0.29) is 16.6 Å². The lowest BCUT2D eigenvalue weighted by molar-refractivity contribution is 0.395. The second-order valence-corrected chi connectivity index (χ2v) is 5.70. The average Bonchev–Trinajstić information content (AvgIpc) is 2.38. The highest BCUT2D eigenvalue weighted by molar-refractivity contribution is 7.85. The van der Waals surface area contributed by atoms with Crippen LogP contribution in [0.1, 0.15) is 5.56 Å². The molecular formula is C10H11ClN4O2S. The maximum atomic E-state index is 11.3. The van der Waals surface area contributed by atoms with Crippen molar-refractivity contribution in [3.05, 3.63) is 10.7 Å². The Morgan fingerprint density at radius 2 is 2.11 bits per heavy atom. The second kappa shape index (κ2) is 5.50. The van der Waals surface area contributed by atoms with Gasteiger partial charge in [-0.25, -0.2) is 0 Å². The van der Waals surface area contributed by atoms with E-state index in [2.05, 4.69) is 9.97 Å². The summed E-state index contributed by atoms with van der Waals surface area (Å²) < 4.78 is 16.3. The Morgan fingerprint density at radius 3 is 2.67 bits per heavy atom. The van der Waals surface area contributed by atoms with Gasteiger partial charge in [-0.15, -0.1) is 0 Å². The summed E-state index contributed by atoms with van der Waals surface area (Å²) in [6, 6.07) is 1.90. The Balaban J connectivity index is 2.32. The Kier molecular flexibility index (Phi) is 3.99. The molecule has 1 aliphatic rings. The number of rotatable bonds is 2. The number of aromatic nitrogens is 2. The molecule has 0 atom stereocenters. The first kappa shape index (κ1) is 13.1. The Hall–Kier alpha value is -1.39. The van der Waals surface area contributed by atoms with Crippen molar-refractivity contribution in [3.63, 3.8) is 0 Å². The van der Waals surface area contributed by atoms with Gasteiger partial charge in [0.15, 0.2) is 10.7 Å². The number of hydrogen-bond acceptors (Lipinski definition) is 6. The normalized spacial score (nSPS) is 16.4. The average molecular weight is 287 g/mol. The quantitative estimate of drug-likeness (QED) is 0.740. The minimum atomic E-state index is -0.767. The van der Waals surface area contributed by atoms with Crippen molar-refractivity contribution in [2.45, 2.75) is 0 Å². The van der Waals surface area contributed by atoms with Gasteiger partial charge in [0, 0.05) is 35.4 Å². The Morgan fingerprint density at radius 1 is 1.44 bits per heavy atom. The molecule has 96 valence electrons. The molecule has 18 heavy (non-hydrogen) atoms. The van der Waals surface area contributed by atoms with Crippen LogP contribution in [-0.2, 0) is 10.8 Å². The van der Waals surface area contributed by atoms with Gasteiger partial charge >= 0.3 is 0 Å². The maximum absolute atomic E-state index is 11.3. The third-order valence-electron chi connectivity index (χ3n) is 2.59. The van der Waals surface area contributed by atoms with Gasteiger partial charge in [-0.05, 0) is 0 Å². The van der Waals surface area contributed by atoms with Crippen LogP contribution in [-0.4, -0.2) is 45.9 Å². The topological polar surface area (TPSA) is 79.1 Å². The van der Waals surface area contributed by atoms with Crippen molar-refractivity contribution in [2.24, 2.45) is 0 Å². The molecule has 0 aliphatic carbocycles. The van der Waals surface area contributed by atoms with Gasteiger partial charge in [-0.3, -0.25) is 4.21 Å². The fourth-order valence-electron chi connectivity index (χ4n) is 1.62. The van der Waals surface area contributed by atoms with E-state index in [1.165, 1.54) is 7.11 Å². The van der Waals surface area contributed by atoms with Crippen molar-refractivity contribution >= 4 is 28.3 Å². The summed E-state index contributed by atoms with van der Waals surface area (Å²) in [7, 11) is 0.658. The molecule has 0 unspecified atom stereocenters. The van der Waals surface area contributed by atoms with Crippen LogP contribution in [0.3, 0.4) is 0 Å². The van der Waals surface area contributed by atoms with Gasteiger partial charge in [-0.2, -0.15) is 15.2 Å². The SMILES string of the molecule is COc1nc(N2CCS(=O)CC2)nc(Cl)c1C#N. The molecule has 6 nitrogen and oxygen atoms in total. The lowest BCUT2D eigenvalue weighted by Crippen LogP contribution is -2.38. The van der Waals surface area contributed by atoms with E-state index in [1.807, 2.05) is 11.0 Å². The first-order chi connectivity index (χ1) is 8.65. The van der Waals surface area contributed by atoms with Crippen LogP contribution >= 0.6 is 11.6 Å². The fraction of sp³-hybridized carbons (Fsp3) is 0.500. The summed E-state index contributed by atoms with van der Waals surface area (Å²) in [6.07, 6.45) is 0. The highest BCUT2D eigenvalue weighted by Crippen LogP contribution is 2.25. The smallest absolute Gasteiger partial charge is 0.237 e. The molecule has 1 aromatic rings. The predicted molar refractivity (Wildman–Crippen MR) is 68.4 cm³/mol. The van der Waals surface area contributed by atoms with Gasteiger partial charge in [0.25, 0.3) is 0 Å². The van der Waals surface area contributed by atoms with Crippen molar-refractivity contribution in [1.29, 1.82) is 5.26 Å². The molecule has 2 heterocycles. The zero-order valence-corrected chi connectivity index (χ0v) is 11.3. The van der Waals surface area contributed by atoms with Crippen LogP contribution in [0, 0.1) is 11.3 Å². The maximum Gasteiger partial charge on any atom is 0.237 e. The molecule has 1 fully saturated rings. The van der Waals surface area contributed by atoms with Gasteiger partial charge in [-0.1, -0.05) is 11.6 Å². The Labute approximate surface area is 112 Å². The minimum Gasteiger partial charge on any atom is -0.480 e. The van der Waals surface area contributed by atoms with E-state index in [0.717, 1.165) is 0 Å². The van der Waals surface area contributed by atoms with Crippen LogP contribution in [0.15, 0.2) is 0 Å². The van der Waals surface area contributed by atoms with Crippen LogP contribution < -0.4 is 9.64 Å². The molecule has 0 saturated carbocycles. The number of methoxy groups -OCH3 is 1. The number of nitrogens with zero attached hydrogens (tertiary/aromatic N) is 4. The van der Waals surface area contributed by atoms with Gasteiger partial charge in [0.1, 0.15) is 6.07 Å². The molecular weight excluding hydrogens is 276 g/mol. The third-order valence-corrected chi connectivity index (χ3v) is 4.13. The van der Waals surface area contributed by atoms with E-state index in [0.29, 0.717) is 30.5 Å². The summed E-state index contributed by atoms with van der Waals surface area (Å²) in [5.41, 5.74) is 0.128. The number of nitriles is 1. The zero-order valence-electron chi connectivity index (χ0n) is 9.72. The number of halogens is 1. The highest BCUT2D eigenvalue weighted by atomic mass is 35.5. The molecule has 8 heteroatoms. The molecule has 0 N–H and O–H groups in total. The first-order valence-corrected chi connectivity index (χ1v) is 7.14. The van der Waals surface area contributed by atoms with E-state index >= 15 is 0 Å². The van der Waals surface area contributed by atoms with Crippen molar-refractivity contribution in [2.75, 3.05) is 36.6 Å². The van der Waals surface area contributed by atoms with Gasteiger partial charge < -0.3 is 9.64 Å². The predicted octanol–water partition coefficient (Wildman–Crippen LogP) is 0.579. The van der Waals surface area contributed by atoms with Crippen LogP contribution in [0.5, 0.6) is 5.88 Å². The number of anilines is 1. The number of ether oxygens (including phenoxy) is 1. The van der Waals surface area contributed by atoms with Gasteiger partial charge in [0.05, 0.1) is 7.11 Å². The minimum absolute atomic E-state index is 0.0750. The second-order valence-electron chi connectivity index (χ2n) is 3.65. The summed E-state index contributed by atoms with van der Waals surface area (Å²) in [4.78, 5) is 10.1.